The summed E-state index contributed by atoms with van der Waals surface area (Å²) in [6, 6.07) is 6.21. The number of benzene rings is 1. The fourth-order valence-electron chi connectivity index (χ4n) is 2.14. The molecule has 104 valence electrons. The van der Waals surface area contributed by atoms with Gasteiger partial charge in [-0.05, 0) is 18.2 Å². The number of pyridine rings is 1. The fourth-order valence-corrected chi connectivity index (χ4v) is 2.47. The van der Waals surface area contributed by atoms with Crippen molar-refractivity contribution in [1.29, 1.82) is 0 Å². The van der Waals surface area contributed by atoms with Crippen LogP contribution in [0.15, 0.2) is 36.7 Å². The number of amides is 2. The summed E-state index contributed by atoms with van der Waals surface area (Å²) in [5.74, 6) is -0.913. The highest BCUT2D eigenvalue weighted by Gasteiger charge is 2.37. The van der Waals surface area contributed by atoms with Crippen LogP contribution in [0.5, 0.6) is 0 Å². The normalized spacial score (nSPS) is 13.5. The molecule has 2 N–H and O–H groups in total. The lowest BCUT2D eigenvalue weighted by molar-refractivity contribution is 0.0926. The predicted octanol–water partition coefficient (Wildman–Crippen LogP) is 2.17. The second kappa shape index (κ2) is 4.91. The van der Waals surface area contributed by atoms with E-state index in [1.54, 1.807) is 12.1 Å². The standard InChI is InChI=1S/C14H8ClN3O2S/c15-10-2-1-7(12(16)21)5-11(10)18-13(19)8-3-4-17-6-9(8)14(18)20/h1-6H,(H2,16,21). The first-order valence-corrected chi connectivity index (χ1v) is 6.71. The molecule has 0 spiro atoms. The first kappa shape index (κ1) is 13.7. The zero-order valence-electron chi connectivity index (χ0n) is 10.5. The van der Waals surface area contributed by atoms with Gasteiger partial charge in [-0.25, -0.2) is 4.90 Å². The van der Waals surface area contributed by atoms with Crippen LogP contribution in [-0.4, -0.2) is 21.8 Å². The summed E-state index contributed by atoms with van der Waals surface area (Å²) in [5, 5.41) is 0.262. The lowest BCUT2D eigenvalue weighted by atomic mass is 10.2. The highest BCUT2D eigenvalue weighted by atomic mass is 35.5. The average molecular weight is 318 g/mol. The van der Waals surface area contributed by atoms with Crippen molar-refractivity contribution in [3.05, 3.63) is 58.4 Å². The number of imide groups is 1. The van der Waals surface area contributed by atoms with E-state index in [9.17, 15) is 9.59 Å². The van der Waals surface area contributed by atoms with E-state index >= 15 is 0 Å². The van der Waals surface area contributed by atoms with Gasteiger partial charge in [0.2, 0.25) is 0 Å². The van der Waals surface area contributed by atoms with E-state index in [0.717, 1.165) is 4.90 Å². The Bertz CT molecular complexity index is 772. The molecular formula is C14H8ClN3O2S. The molecule has 2 heterocycles. The van der Waals surface area contributed by atoms with Crippen LogP contribution in [0, 0.1) is 0 Å². The molecule has 0 aliphatic carbocycles. The third-order valence-corrected chi connectivity index (χ3v) is 3.71. The number of halogens is 1. The maximum absolute atomic E-state index is 12.4. The van der Waals surface area contributed by atoms with E-state index in [2.05, 4.69) is 4.98 Å². The molecule has 0 radical (unpaired) electrons. The van der Waals surface area contributed by atoms with Gasteiger partial charge in [0.15, 0.2) is 0 Å². The van der Waals surface area contributed by atoms with Crippen molar-refractivity contribution < 1.29 is 9.59 Å². The van der Waals surface area contributed by atoms with E-state index in [-0.39, 0.29) is 21.3 Å². The number of nitrogens with zero attached hydrogens (tertiary/aromatic N) is 2. The monoisotopic (exact) mass is 317 g/mol. The maximum atomic E-state index is 12.4. The Kier molecular flexibility index (Phi) is 3.19. The summed E-state index contributed by atoms with van der Waals surface area (Å²) in [7, 11) is 0. The third-order valence-electron chi connectivity index (χ3n) is 3.16. The topological polar surface area (TPSA) is 76.3 Å². The molecule has 0 fully saturated rings. The fraction of sp³-hybridized carbons (Fsp3) is 0. The van der Waals surface area contributed by atoms with Crippen molar-refractivity contribution in [2.75, 3.05) is 4.90 Å². The summed E-state index contributed by atoms with van der Waals surface area (Å²) < 4.78 is 0. The number of nitrogens with two attached hydrogens (primary N) is 1. The van der Waals surface area contributed by atoms with Crippen LogP contribution < -0.4 is 10.6 Å². The minimum absolute atomic E-state index is 0.159. The quantitative estimate of drug-likeness (QED) is 0.678. The summed E-state index contributed by atoms with van der Waals surface area (Å²) >= 11 is 11.0. The number of thiocarbonyl (C=S) groups is 1. The number of carbonyl (C=O) groups excluding carboxylic acids is 2. The predicted molar refractivity (Wildman–Crippen MR) is 82.7 cm³/mol. The molecular weight excluding hydrogens is 310 g/mol. The second-order valence-corrected chi connectivity index (χ2v) is 5.24. The number of rotatable bonds is 2. The molecule has 2 aromatic rings. The number of hydrogen-bond acceptors (Lipinski definition) is 4. The molecule has 0 saturated carbocycles. The second-order valence-electron chi connectivity index (χ2n) is 4.40. The summed E-state index contributed by atoms with van der Waals surface area (Å²) in [6.07, 6.45) is 2.82. The highest BCUT2D eigenvalue weighted by molar-refractivity contribution is 7.80. The van der Waals surface area contributed by atoms with Gasteiger partial charge in [-0.2, -0.15) is 0 Å². The van der Waals surface area contributed by atoms with Gasteiger partial charge in [0.25, 0.3) is 11.8 Å². The van der Waals surface area contributed by atoms with E-state index in [1.807, 2.05) is 0 Å². The smallest absolute Gasteiger partial charge is 0.267 e. The Labute approximate surface area is 130 Å². The van der Waals surface area contributed by atoms with Crippen molar-refractivity contribution in [1.82, 2.24) is 4.98 Å². The van der Waals surface area contributed by atoms with Crippen molar-refractivity contribution in [2.45, 2.75) is 0 Å². The van der Waals surface area contributed by atoms with E-state index in [0.29, 0.717) is 11.1 Å². The van der Waals surface area contributed by atoms with Crippen LogP contribution in [0.4, 0.5) is 5.69 Å². The molecule has 5 nitrogen and oxygen atoms in total. The molecule has 0 bridgehead atoms. The van der Waals surface area contributed by atoms with E-state index < -0.39 is 11.8 Å². The number of hydrogen-bond donors (Lipinski definition) is 1. The molecule has 7 heteroatoms. The van der Waals surface area contributed by atoms with Crippen LogP contribution in [0.3, 0.4) is 0 Å². The van der Waals surface area contributed by atoms with Gasteiger partial charge in [0, 0.05) is 18.0 Å². The Morgan fingerprint density at radius 1 is 1.19 bits per heavy atom. The molecule has 0 unspecified atom stereocenters. The van der Waals surface area contributed by atoms with Gasteiger partial charge >= 0.3 is 0 Å². The van der Waals surface area contributed by atoms with Gasteiger partial charge in [0.1, 0.15) is 4.99 Å². The Balaban J connectivity index is 2.15. The minimum Gasteiger partial charge on any atom is -0.389 e. The Hall–Kier alpha value is -2.31. The SMILES string of the molecule is NC(=S)c1ccc(Cl)c(N2C(=O)c3ccncc3C2=O)c1. The number of anilines is 1. The van der Waals surface area contributed by atoms with Crippen LogP contribution in [0.25, 0.3) is 0 Å². The van der Waals surface area contributed by atoms with Gasteiger partial charge in [-0.1, -0.05) is 29.9 Å². The Morgan fingerprint density at radius 2 is 1.90 bits per heavy atom. The molecule has 1 aromatic heterocycles. The van der Waals surface area contributed by atoms with Crippen molar-refractivity contribution in [3.8, 4) is 0 Å². The zero-order valence-corrected chi connectivity index (χ0v) is 12.1. The summed E-state index contributed by atoms with van der Waals surface area (Å²) in [6.45, 7) is 0. The van der Waals surface area contributed by atoms with Crippen LogP contribution in [-0.2, 0) is 0 Å². The summed E-state index contributed by atoms with van der Waals surface area (Å²) in [5.41, 5.74) is 6.91. The first-order chi connectivity index (χ1) is 10.0. The van der Waals surface area contributed by atoms with Crippen molar-refractivity contribution >= 4 is 46.3 Å². The lowest BCUT2D eigenvalue weighted by Crippen LogP contribution is -2.30. The van der Waals surface area contributed by atoms with Gasteiger partial charge in [-0.3, -0.25) is 14.6 Å². The van der Waals surface area contributed by atoms with Crippen LogP contribution in [0.1, 0.15) is 26.3 Å². The summed E-state index contributed by atoms with van der Waals surface area (Å²) in [4.78, 5) is 29.8. The molecule has 21 heavy (non-hydrogen) atoms. The molecule has 1 aliphatic rings. The molecule has 1 aliphatic heterocycles. The maximum Gasteiger partial charge on any atom is 0.267 e. The average Bonchev–Trinajstić information content (AvgIpc) is 2.72. The van der Waals surface area contributed by atoms with Gasteiger partial charge in [0.05, 0.1) is 21.8 Å². The van der Waals surface area contributed by atoms with Crippen molar-refractivity contribution in [2.24, 2.45) is 5.73 Å². The zero-order chi connectivity index (χ0) is 15.1. The highest BCUT2D eigenvalue weighted by Crippen LogP contribution is 2.33. The van der Waals surface area contributed by atoms with Gasteiger partial charge < -0.3 is 5.73 Å². The minimum atomic E-state index is -0.468. The van der Waals surface area contributed by atoms with Gasteiger partial charge in [-0.15, -0.1) is 0 Å². The number of aromatic nitrogens is 1. The third kappa shape index (κ3) is 2.09. The van der Waals surface area contributed by atoms with Crippen LogP contribution >= 0.6 is 23.8 Å². The molecule has 0 atom stereocenters. The Morgan fingerprint density at radius 3 is 2.57 bits per heavy atom. The van der Waals surface area contributed by atoms with E-state index in [1.165, 1.54) is 24.5 Å². The molecule has 0 saturated heterocycles. The molecule has 2 amide bonds. The largest absolute Gasteiger partial charge is 0.389 e. The lowest BCUT2D eigenvalue weighted by Gasteiger charge is -2.16. The van der Waals surface area contributed by atoms with Crippen molar-refractivity contribution in [3.63, 3.8) is 0 Å². The molecule has 3 rings (SSSR count). The number of fused-ring (bicyclic) bond motifs is 1. The molecule has 1 aromatic carbocycles. The van der Waals surface area contributed by atoms with Crippen LogP contribution in [0.2, 0.25) is 5.02 Å². The van der Waals surface area contributed by atoms with E-state index in [4.69, 9.17) is 29.6 Å². The first-order valence-electron chi connectivity index (χ1n) is 5.93. The number of carbonyl (C=O) groups is 2.